The molecule has 5 heteroatoms. The Bertz CT molecular complexity index is 822. The standard InChI is InChI=1S/C22H26N2O3/c1-22(2,3)16-10-12-17(13-11-16)27-14-6-9-21(26)24-15-20(25)23-18-7-4-5-8-19(18)24/h4-5,7-8,10-13H,6,9,14-15H2,1-3H3,(H,23,25). The van der Waals surface area contributed by atoms with E-state index in [-0.39, 0.29) is 23.8 Å². The Morgan fingerprint density at radius 3 is 2.52 bits per heavy atom. The summed E-state index contributed by atoms with van der Waals surface area (Å²) in [6.45, 7) is 7.04. The predicted octanol–water partition coefficient (Wildman–Crippen LogP) is 4.13. The maximum absolute atomic E-state index is 12.6. The lowest BCUT2D eigenvalue weighted by molar-refractivity contribution is -0.122. The van der Waals surface area contributed by atoms with Gasteiger partial charge in [-0.25, -0.2) is 0 Å². The Balaban J connectivity index is 1.51. The quantitative estimate of drug-likeness (QED) is 0.810. The van der Waals surface area contributed by atoms with Gasteiger partial charge in [0.2, 0.25) is 11.8 Å². The van der Waals surface area contributed by atoms with Crippen molar-refractivity contribution < 1.29 is 14.3 Å². The first-order valence-corrected chi connectivity index (χ1v) is 9.27. The second kappa shape index (κ2) is 7.82. The molecular weight excluding hydrogens is 340 g/mol. The predicted molar refractivity (Wildman–Crippen MR) is 107 cm³/mol. The number of rotatable bonds is 5. The van der Waals surface area contributed by atoms with E-state index in [0.717, 1.165) is 11.4 Å². The van der Waals surface area contributed by atoms with E-state index in [1.807, 2.05) is 30.3 Å². The highest BCUT2D eigenvalue weighted by atomic mass is 16.5. The molecule has 2 aromatic carbocycles. The van der Waals surface area contributed by atoms with Gasteiger partial charge in [-0.2, -0.15) is 0 Å². The molecule has 0 aromatic heterocycles. The zero-order valence-corrected chi connectivity index (χ0v) is 16.1. The minimum Gasteiger partial charge on any atom is -0.494 e. The number of ether oxygens (including phenoxy) is 1. The Kier molecular flexibility index (Phi) is 5.49. The highest BCUT2D eigenvalue weighted by Gasteiger charge is 2.26. The molecule has 0 saturated carbocycles. The molecule has 0 radical (unpaired) electrons. The van der Waals surface area contributed by atoms with Gasteiger partial charge in [0.05, 0.1) is 18.0 Å². The minimum atomic E-state index is -0.169. The fourth-order valence-electron chi connectivity index (χ4n) is 3.06. The fraction of sp³-hybridized carbons (Fsp3) is 0.364. The molecule has 2 aromatic rings. The van der Waals surface area contributed by atoms with E-state index in [9.17, 15) is 9.59 Å². The van der Waals surface area contributed by atoms with E-state index in [1.54, 1.807) is 11.0 Å². The van der Waals surface area contributed by atoms with E-state index >= 15 is 0 Å². The normalized spacial score (nSPS) is 13.7. The first kappa shape index (κ1) is 19.0. The number of nitrogens with zero attached hydrogens (tertiary/aromatic N) is 1. The molecule has 3 rings (SSSR count). The van der Waals surface area contributed by atoms with Gasteiger partial charge in [-0.1, -0.05) is 45.0 Å². The number of anilines is 2. The van der Waals surface area contributed by atoms with Crippen molar-refractivity contribution in [1.82, 2.24) is 0 Å². The monoisotopic (exact) mass is 366 g/mol. The SMILES string of the molecule is CC(C)(C)c1ccc(OCCCC(=O)N2CC(=O)Nc3ccccc32)cc1. The van der Waals surface area contributed by atoms with Gasteiger partial charge in [0.15, 0.2) is 0 Å². The van der Waals surface area contributed by atoms with E-state index in [0.29, 0.717) is 25.1 Å². The van der Waals surface area contributed by atoms with Crippen molar-refractivity contribution in [2.45, 2.75) is 39.0 Å². The van der Waals surface area contributed by atoms with Crippen LogP contribution < -0.4 is 15.0 Å². The third kappa shape index (κ3) is 4.67. The van der Waals surface area contributed by atoms with Crippen LogP contribution in [0.2, 0.25) is 0 Å². The molecule has 5 nitrogen and oxygen atoms in total. The second-order valence-electron chi connectivity index (χ2n) is 7.77. The van der Waals surface area contributed by atoms with Gasteiger partial charge in [-0.3, -0.25) is 9.59 Å². The fourth-order valence-corrected chi connectivity index (χ4v) is 3.06. The highest BCUT2D eigenvalue weighted by Crippen LogP contribution is 2.29. The van der Waals surface area contributed by atoms with Crippen LogP contribution in [0.15, 0.2) is 48.5 Å². The molecule has 1 aliphatic heterocycles. The van der Waals surface area contributed by atoms with Gasteiger partial charge in [-0.15, -0.1) is 0 Å². The van der Waals surface area contributed by atoms with Gasteiger partial charge in [0.1, 0.15) is 12.3 Å². The summed E-state index contributed by atoms with van der Waals surface area (Å²) in [6, 6.07) is 15.4. The van der Waals surface area contributed by atoms with E-state index in [1.165, 1.54) is 5.56 Å². The zero-order chi connectivity index (χ0) is 19.4. The van der Waals surface area contributed by atoms with Gasteiger partial charge in [0, 0.05) is 6.42 Å². The summed E-state index contributed by atoms with van der Waals surface area (Å²) in [5.74, 6) is 0.569. The van der Waals surface area contributed by atoms with E-state index in [2.05, 4.69) is 38.2 Å². The van der Waals surface area contributed by atoms with Gasteiger partial charge >= 0.3 is 0 Å². The Morgan fingerprint density at radius 2 is 1.81 bits per heavy atom. The molecule has 0 spiro atoms. The lowest BCUT2D eigenvalue weighted by atomic mass is 9.87. The van der Waals surface area contributed by atoms with Crippen molar-refractivity contribution in [3.05, 3.63) is 54.1 Å². The number of benzene rings is 2. The third-order valence-electron chi connectivity index (χ3n) is 4.60. The van der Waals surface area contributed by atoms with Crippen molar-refractivity contribution in [1.29, 1.82) is 0 Å². The summed E-state index contributed by atoms with van der Waals surface area (Å²) in [5.41, 5.74) is 2.80. The first-order valence-electron chi connectivity index (χ1n) is 9.27. The molecule has 0 fully saturated rings. The lowest BCUT2D eigenvalue weighted by Crippen LogP contribution is -2.42. The molecule has 1 heterocycles. The molecule has 1 aliphatic rings. The number of amides is 2. The molecule has 0 atom stereocenters. The van der Waals surface area contributed by atoms with Crippen molar-refractivity contribution in [2.24, 2.45) is 0 Å². The molecule has 2 amide bonds. The molecule has 0 unspecified atom stereocenters. The van der Waals surface area contributed by atoms with E-state index < -0.39 is 0 Å². The van der Waals surface area contributed by atoms with Gasteiger partial charge in [0.25, 0.3) is 0 Å². The van der Waals surface area contributed by atoms with Crippen LogP contribution >= 0.6 is 0 Å². The Hall–Kier alpha value is -2.82. The number of carbonyl (C=O) groups excluding carboxylic acids is 2. The van der Waals surface area contributed by atoms with Crippen LogP contribution in [0.4, 0.5) is 11.4 Å². The summed E-state index contributed by atoms with van der Waals surface area (Å²) in [5, 5.41) is 2.79. The molecular formula is C22H26N2O3. The second-order valence-corrected chi connectivity index (χ2v) is 7.77. The summed E-state index contributed by atoms with van der Waals surface area (Å²) in [6.07, 6.45) is 0.932. The summed E-state index contributed by atoms with van der Waals surface area (Å²) < 4.78 is 5.75. The molecule has 1 N–H and O–H groups in total. The van der Waals surface area contributed by atoms with Crippen LogP contribution in [0.3, 0.4) is 0 Å². The molecule has 27 heavy (non-hydrogen) atoms. The van der Waals surface area contributed by atoms with Crippen LogP contribution in [0, 0.1) is 0 Å². The Labute approximate surface area is 160 Å². The number of nitrogens with one attached hydrogen (secondary N) is 1. The average molecular weight is 366 g/mol. The molecule has 142 valence electrons. The number of hydrogen-bond acceptors (Lipinski definition) is 3. The van der Waals surface area contributed by atoms with Crippen molar-refractivity contribution in [3.8, 4) is 5.75 Å². The lowest BCUT2D eigenvalue weighted by Gasteiger charge is -2.29. The van der Waals surface area contributed by atoms with Crippen LogP contribution in [-0.2, 0) is 15.0 Å². The zero-order valence-electron chi connectivity index (χ0n) is 16.1. The van der Waals surface area contributed by atoms with Crippen molar-refractivity contribution >= 4 is 23.2 Å². The van der Waals surface area contributed by atoms with Gasteiger partial charge in [-0.05, 0) is 41.7 Å². The smallest absolute Gasteiger partial charge is 0.244 e. The van der Waals surface area contributed by atoms with Crippen LogP contribution in [0.25, 0.3) is 0 Å². The number of fused-ring (bicyclic) bond motifs is 1. The molecule has 0 aliphatic carbocycles. The van der Waals surface area contributed by atoms with Crippen LogP contribution in [0.1, 0.15) is 39.2 Å². The van der Waals surface area contributed by atoms with Crippen molar-refractivity contribution in [2.75, 3.05) is 23.4 Å². The maximum atomic E-state index is 12.6. The number of para-hydroxylation sites is 2. The minimum absolute atomic E-state index is 0.0605. The van der Waals surface area contributed by atoms with Gasteiger partial charge < -0.3 is 15.0 Å². The largest absolute Gasteiger partial charge is 0.494 e. The summed E-state index contributed by atoms with van der Waals surface area (Å²) in [4.78, 5) is 25.9. The van der Waals surface area contributed by atoms with Crippen LogP contribution in [0.5, 0.6) is 5.75 Å². The van der Waals surface area contributed by atoms with E-state index in [4.69, 9.17) is 4.74 Å². The summed E-state index contributed by atoms with van der Waals surface area (Å²) in [7, 11) is 0. The Morgan fingerprint density at radius 1 is 1.11 bits per heavy atom. The molecule has 0 saturated heterocycles. The van der Waals surface area contributed by atoms with Crippen molar-refractivity contribution in [3.63, 3.8) is 0 Å². The van der Waals surface area contributed by atoms with Crippen LogP contribution in [-0.4, -0.2) is 25.0 Å². The number of carbonyl (C=O) groups is 2. The average Bonchev–Trinajstić information content (AvgIpc) is 2.64. The topological polar surface area (TPSA) is 58.6 Å². The number of hydrogen-bond donors (Lipinski definition) is 1. The highest BCUT2D eigenvalue weighted by molar-refractivity contribution is 6.09. The first-order chi connectivity index (χ1) is 12.8. The summed E-state index contributed by atoms with van der Waals surface area (Å²) >= 11 is 0. The maximum Gasteiger partial charge on any atom is 0.244 e. The third-order valence-corrected chi connectivity index (χ3v) is 4.60. The molecule has 0 bridgehead atoms.